The molecule has 0 fully saturated rings. The number of halogens is 1. The molecule has 7 heteroatoms. The third-order valence-corrected chi connectivity index (χ3v) is 3.46. The highest BCUT2D eigenvalue weighted by Gasteiger charge is 2.19. The zero-order valence-corrected chi connectivity index (χ0v) is 13.3. The molecule has 6 nitrogen and oxygen atoms in total. The molecule has 0 saturated carbocycles. The average Bonchev–Trinajstić information content (AvgIpc) is 2.69. The Morgan fingerprint density at radius 3 is 2.42 bits per heavy atom. The van der Waals surface area contributed by atoms with Crippen LogP contribution in [0.5, 0.6) is 0 Å². The van der Waals surface area contributed by atoms with Crippen molar-refractivity contribution in [2.24, 2.45) is 7.05 Å². The Labute approximate surface area is 120 Å². The highest BCUT2D eigenvalue weighted by Crippen LogP contribution is 2.30. The van der Waals surface area contributed by atoms with E-state index in [4.69, 9.17) is 0 Å². The molecular formula is C12H17BrN6. The van der Waals surface area contributed by atoms with E-state index in [1.165, 1.54) is 0 Å². The second-order valence-electron chi connectivity index (χ2n) is 4.66. The normalized spacial score (nSPS) is 11.1. The van der Waals surface area contributed by atoms with Crippen LogP contribution in [0, 0.1) is 6.92 Å². The average molecular weight is 325 g/mol. The summed E-state index contributed by atoms with van der Waals surface area (Å²) in [6.07, 6.45) is 0. The maximum Gasteiger partial charge on any atom is 0.157 e. The van der Waals surface area contributed by atoms with Crippen molar-refractivity contribution in [3.05, 3.63) is 16.0 Å². The fourth-order valence-electron chi connectivity index (χ4n) is 1.85. The van der Waals surface area contributed by atoms with Crippen molar-refractivity contribution in [3.63, 3.8) is 0 Å². The summed E-state index contributed by atoms with van der Waals surface area (Å²) in [5.74, 6) is 1.89. The number of aromatic nitrogens is 5. The van der Waals surface area contributed by atoms with Crippen molar-refractivity contribution in [1.29, 1.82) is 0 Å². The van der Waals surface area contributed by atoms with Crippen molar-refractivity contribution in [3.8, 4) is 11.4 Å². The maximum atomic E-state index is 4.66. The lowest BCUT2D eigenvalue weighted by molar-refractivity contribution is 0.715. The highest BCUT2D eigenvalue weighted by atomic mass is 79.9. The zero-order valence-electron chi connectivity index (χ0n) is 11.7. The zero-order chi connectivity index (χ0) is 14.2. The Bertz CT molecular complexity index is 585. The molecule has 0 aliphatic carbocycles. The molecule has 2 aromatic heterocycles. The third-order valence-electron chi connectivity index (χ3n) is 2.93. The van der Waals surface area contributed by atoms with Crippen molar-refractivity contribution in [1.82, 2.24) is 25.0 Å². The monoisotopic (exact) mass is 324 g/mol. The SMILES string of the molecule is CNc1nc(C(C)C)nc(-c2c(Br)nnn2C)c1C. The standard InChI is InChI=1S/C12H17BrN6/c1-6(2)11-15-8(7(3)12(14-4)16-11)9-10(13)17-18-19(9)5/h6H,1-5H3,(H,14,15,16). The van der Waals surface area contributed by atoms with Gasteiger partial charge in [-0.25, -0.2) is 14.6 Å². The molecule has 2 rings (SSSR count). The van der Waals surface area contributed by atoms with E-state index in [0.717, 1.165) is 28.6 Å². The van der Waals surface area contributed by atoms with E-state index < -0.39 is 0 Å². The third kappa shape index (κ3) is 2.47. The molecule has 0 aromatic carbocycles. The van der Waals surface area contributed by atoms with Gasteiger partial charge in [0.2, 0.25) is 0 Å². The molecule has 2 aromatic rings. The van der Waals surface area contributed by atoms with Crippen molar-refractivity contribution in [2.45, 2.75) is 26.7 Å². The summed E-state index contributed by atoms with van der Waals surface area (Å²) in [7, 11) is 3.71. The first kappa shape index (κ1) is 13.9. The summed E-state index contributed by atoms with van der Waals surface area (Å²) < 4.78 is 2.40. The van der Waals surface area contributed by atoms with Gasteiger partial charge in [0.25, 0.3) is 0 Å². The largest absolute Gasteiger partial charge is 0.373 e. The number of hydrogen-bond donors (Lipinski definition) is 1. The summed E-state index contributed by atoms with van der Waals surface area (Å²) in [5, 5.41) is 11.1. The lowest BCUT2D eigenvalue weighted by Gasteiger charge is -2.13. The molecule has 0 aliphatic heterocycles. The van der Waals surface area contributed by atoms with Gasteiger partial charge in [-0.1, -0.05) is 19.1 Å². The summed E-state index contributed by atoms with van der Waals surface area (Å²) >= 11 is 3.42. The van der Waals surface area contributed by atoms with Gasteiger partial charge in [-0.3, -0.25) is 0 Å². The van der Waals surface area contributed by atoms with Crippen molar-refractivity contribution >= 4 is 21.7 Å². The number of hydrogen-bond acceptors (Lipinski definition) is 5. The Morgan fingerprint density at radius 1 is 1.26 bits per heavy atom. The fraction of sp³-hybridized carbons (Fsp3) is 0.500. The Morgan fingerprint density at radius 2 is 1.95 bits per heavy atom. The van der Waals surface area contributed by atoms with Gasteiger partial charge in [-0.05, 0) is 22.9 Å². The van der Waals surface area contributed by atoms with E-state index in [2.05, 4.69) is 55.4 Å². The van der Waals surface area contributed by atoms with Crippen LogP contribution in [-0.2, 0) is 7.05 Å². The van der Waals surface area contributed by atoms with Gasteiger partial charge < -0.3 is 5.32 Å². The van der Waals surface area contributed by atoms with Gasteiger partial charge in [0.15, 0.2) is 4.60 Å². The molecule has 0 radical (unpaired) electrons. The molecule has 0 spiro atoms. The predicted octanol–water partition coefficient (Wildman–Crippen LogP) is 2.51. The van der Waals surface area contributed by atoms with Crippen LogP contribution in [-0.4, -0.2) is 32.0 Å². The Kier molecular flexibility index (Phi) is 3.84. The van der Waals surface area contributed by atoms with Crippen LogP contribution in [0.1, 0.15) is 31.2 Å². The Hall–Kier alpha value is -1.50. The van der Waals surface area contributed by atoms with Crippen molar-refractivity contribution < 1.29 is 0 Å². The molecule has 0 atom stereocenters. The predicted molar refractivity (Wildman–Crippen MR) is 78.1 cm³/mol. The van der Waals surface area contributed by atoms with Crippen LogP contribution in [0.15, 0.2) is 4.60 Å². The maximum absolute atomic E-state index is 4.66. The second-order valence-corrected chi connectivity index (χ2v) is 5.41. The lowest BCUT2D eigenvalue weighted by Crippen LogP contribution is -2.08. The highest BCUT2D eigenvalue weighted by molar-refractivity contribution is 9.10. The van der Waals surface area contributed by atoms with Gasteiger partial charge in [0, 0.05) is 25.6 Å². The first-order valence-corrected chi connectivity index (χ1v) is 6.86. The van der Waals surface area contributed by atoms with Crippen LogP contribution in [0.2, 0.25) is 0 Å². The quantitative estimate of drug-likeness (QED) is 0.939. The fourth-order valence-corrected chi connectivity index (χ4v) is 2.36. The number of aryl methyl sites for hydroxylation is 1. The molecule has 0 aliphatic rings. The van der Waals surface area contributed by atoms with Crippen LogP contribution in [0.3, 0.4) is 0 Å². The molecule has 1 N–H and O–H groups in total. The van der Waals surface area contributed by atoms with Gasteiger partial charge >= 0.3 is 0 Å². The van der Waals surface area contributed by atoms with E-state index in [-0.39, 0.29) is 5.92 Å². The summed E-state index contributed by atoms with van der Waals surface area (Å²) in [6, 6.07) is 0. The minimum Gasteiger partial charge on any atom is -0.373 e. The van der Waals surface area contributed by atoms with E-state index in [9.17, 15) is 0 Å². The minimum atomic E-state index is 0.256. The van der Waals surface area contributed by atoms with E-state index in [1.807, 2.05) is 21.0 Å². The number of anilines is 1. The smallest absolute Gasteiger partial charge is 0.157 e. The van der Waals surface area contributed by atoms with E-state index in [1.54, 1.807) is 4.68 Å². The van der Waals surface area contributed by atoms with Crippen molar-refractivity contribution in [2.75, 3.05) is 12.4 Å². The van der Waals surface area contributed by atoms with Crippen LogP contribution >= 0.6 is 15.9 Å². The molecule has 19 heavy (non-hydrogen) atoms. The molecule has 0 amide bonds. The topological polar surface area (TPSA) is 68.5 Å². The number of nitrogens with zero attached hydrogens (tertiary/aromatic N) is 5. The molecule has 0 bridgehead atoms. The first-order chi connectivity index (χ1) is 8.95. The van der Waals surface area contributed by atoms with E-state index >= 15 is 0 Å². The number of nitrogens with one attached hydrogen (secondary N) is 1. The van der Waals surface area contributed by atoms with E-state index in [0.29, 0.717) is 4.60 Å². The molecule has 2 heterocycles. The molecule has 102 valence electrons. The minimum absolute atomic E-state index is 0.256. The van der Waals surface area contributed by atoms with Gasteiger partial charge in [-0.2, -0.15) is 0 Å². The summed E-state index contributed by atoms with van der Waals surface area (Å²) in [6.45, 7) is 6.14. The van der Waals surface area contributed by atoms with Gasteiger partial charge in [0.05, 0.1) is 5.69 Å². The van der Waals surface area contributed by atoms with Crippen LogP contribution in [0.25, 0.3) is 11.4 Å². The molecular weight excluding hydrogens is 308 g/mol. The molecule has 0 unspecified atom stereocenters. The lowest BCUT2D eigenvalue weighted by atomic mass is 10.1. The first-order valence-electron chi connectivity index (χ1n) is 6.07. The second kappa shape index (κ2) is 5.24. The van der Waals surface area contributed by atoms with Gasteiger partial charge in [-0.15, -0.1) is 5.10 Å². The Balaban J connectivity index is 2.72. The number of rotatable bonds is 3. The summed E-state index contributed by atoms with van der Waals surface area (Å²) in [4.78, 5) is 9.20. The van der Waals surface area contributed by atoms with Crippen LogP contribution < -0.4 is 5.32 Å². The van der Waals surface area contributed by atoms with Gasteiger partial charge in [0.1, 0.15) is 17.3 Å². The molecule has 0 saturated heterocycles. The summed E-state index contributed by atoms with van der Waals surface area (Å²) in [5.41, 5.74) is 2.69. The van der Waals surface area contributed by atoms with Crippen LogP contribution in [0.4, 0.5) is 5.82 Å².